The van der Waals surface area contributed by atoms with E-state index in [1.807, 2.05) is 0 Å². The van der Waals surface area contributed by atoms with Crippen molar-refractivity contribution in [3.63, 3.8) is 0 Å². The molecule has 2 heterocycles. The highest BCUT2D eigenvalue weighted by Gasteiger charge is 2.20. The maximum absolute atomic E-state index is 12.5. The molecule has 0 bridgehead atoms. The quantitative estimate of drug-likeness (QED) is 0.535. The predicted octanol–water partition coefficient (Wildman–Crippen LogP) is 2.51. The first kappa shape index (κ1) is 24.0. The molecule has 32 heavy (non-hydrogen) atoms. The van der Waals surface area contributed by atoms with E-state index in [0.29, 0.717) is 36.7 Å². The number of carbonyl (C=O) groups is 2. The molecule has 0 aliphatic carbocycles. The molecular formula is C21H28N4O5S2. The number of rotatable bonds is 8. The molecule has 11 heteroatoms. The zero-order valence-electron chi connectivity index (χ0n) is 17.9. The summed E-state index contributed by atoms with van der Waals surface area (Å²) < 4.78 is 32.2. The molecule has 0 saturated carbocycles. The molecule has 1 fully saturated rings. The van der Waals surface area contributed by atoms with Crippen LogP contribution in [0.15, 0.2) is 40.6 Å². The van der Waals surface area contributed by atoms with Crippen molar-refractivity contribution in [2.45, 2.75) is 37.0 Å². The van der Waals surface area contributed by atoms with Gasteiger partial charge < -0.3 is 10.1 Å². The molecule has 1 aromatic carbocycles. The number of hydrogen-bond donors (Lipinski definition) is 3. The Kier molecular flexibility index (Phi) is 8.48. The van der Waals surface area contributed by atoms with E-state index >= 15 is 0 Å². The molecule has 2 aromatic rings. The zero-order chi connectivity index (χ0) is 23.0. The highest BCUT2D eigenvalue weighted by atomic mass is 32.2. The van der Waals surface area contributed by atoms with Gasteiger partial charge in [-0.2, -0.15) is 0 Å². The number of ether oxygens (including phenoxy) is 1. The minimum atomic E-state index is -3.98. The molecular weight excluding hydrogens is 452 g/mol. The molecule has 3 amide bonds. The Balaban J connectivity index is 1.49. The van der Waals surface area contributed by atoms with Gasteiger partial charge in [0.1, 0.15) is 10.6 Å². The van der Waals surface area contributed by atoms with Crippen LogP contribution >= 0.6 is 11.3 Å². The molecule has 3 rings (SSSR count). The molecule has 0 unspecified atom stereocenters. The fourth-order valence-corrected chi connectivity index (χ4v) is 5.07. The van der Waals surface area contributed by atoms with Crippen LogP contribution in [0.2, 0.25) is 0 Å². The number of amides is 3. The van der Waals surface area contributed by atoms with Crippen molar-refractivity contribution >= 4 is 33.3 Å². The maximum Gasteiger partial charge on any atom is 0.343 e. The monoisotopic (exact) mass is 480 g/mol. The van der Waals surface area contributed by atoms with E-state index in [9.17, 15) is 18.0 Å². The number of hydrazine groups is 1. The van der Waals surface area contributed by atoms with Gasteiger partial charge in [0.2, 0.25) is 0 Å². The lowest BCUT2D eigenvalue weighted by Gasteiger charge is -2.20. The van der Waals surface area contributed by atoms with Crippen molar-refractivity contribution in [1.29, 1.82) is 0 Å². The SMILES string of the molecule is COc1ccsc1C(=O)NCCc1ccc(S(=O)(=O)NC(=O)NN2CCCCCC2)cc1. The van der Waals surface area contributed by atoms with Gasteiger partial charge in [0, 0.05) is 19.6 Å². The van der Waals surface area contributed by atoms with Gasteiger partial charge in [0.25, 0.3) is 15.9 Å². The Hall–Kier alpha value is -2.63. The van der Waals surface area contributed by atoms with Gasteiger partial charge in [0.15, 0.2) is 0 Å². The summed E-state index contributed by atoms with van der Waals surface area (Å²) in [6, 6.07) is 7.20. The van der Waals surface area contributed by atoms with E-state index in [0.717, 1.165) is 31.2 Å². The van der Waals surface area contributed by atoms with Crippen LogP contribution < -0.4 is 20.2 Å². The second-order valence-corrected chi connectivity index (χ2v) is 10.0. The summed E-state index contributed by atoms with van der Waals surface area (Å²) in [5, 5.41) is 6.36. The van der Waals surface area contributed by atoms with Crippen molar-refractivity contribution in [2.24, 2.45) is 0 Å². The third-order valence-electron chi connectivity index (χ3n) is 5.08. The van der Waals surface area contributed by atoms with E-state index in [1.165, 1.54) is 30.6 Å². The van der Waals surface area contributed by atoms with Gasteiger partial charge in [-0.15, -0.1) is 11.3 Å². The lowest BCUT2D eigenvalue weighted by molar-refractivity contribution is 0.0955. The molecule has 0 spiro atoms. The van der Waals surface area contributed by atoms with Gasteiger partial charge >= 0.3 is 6.03 Å². The first-order valence-corrected chi connectivity index (χ1v) is 12.8. The van der Waals surface area contributed by atoms with Crippen LogP contribution in [0.25, 0.3) is 0 Å². The number of benzene rings is 1. The second-order valence-electron chi connectivity index (χ2n) is 7.42. The van der Waals surface area contributed by atoms with Gasteiger partial charge in [-0.3, -0.25) is 10.2 Å². The highest BCUT2D eigenvalue weighted by Crippen LogP contribution is 2.24. The van der Waals surface area contributed by atoms with Crippen LogP contribution in [0.5, 0.6) is 5.75 Å². The van der Waals surface area contributed by atoms with E-state index in [1.54, 1.807) is 28.6 Å². The van der Waals surface area contributed by atoms with Gasteiger partial charge in [-0.1, -0.05) is 25.0 Å². The van der Waals surface area contributed by atoms with Crippen LogP contribution in [0.3, 0.4) is 0 Å². The number of carbonyl (C=O) groups excluding carboxylic acids is 2. The Morgan fingerprint density at radius 3 is 2.41 bits per heavy atom. The minimum Gasteiger partial charge on any atom is -0.495 e. The summed E-state index contributed by atoms with van der Waals surface area (Å²) >= 11 is 1.30. The number of thiophene rings is 1. The molecule has 3 N–H and O–H groups in total. The summed E-state index contributed by atoms with van der Waals surface area (Å²) in [7, 11) is -2.46. The van der Waals surface area contributed by atoms with Crippen molar-refractivity contribution in [3.8, 4) is 5.75 Å². The van der Waals surface area contributed by atoms with Gasteiger partial charge in [-0.25, -0.2) is 22.9 Å². The molecule has 1 aliphatic rings. The molecule has 1 saturated heterocycles. The molecule has 1 aliphatic heterocycles. The molecule has 0 atom stereocenters. The van der Waals surface area contributed by atoms with Crippen molar-refractivity contribution < 1.29 is 22.7 Å². The topological polar surface area (TPSA) is 117 Å². The summed E-state index contributed by atoms with van der Waals surface area (Å²) in [5.74, 6) is 0.324. The number of urea groups is 1. The molecule has 9 nitrogen and oxygen atoms in total. The Morgan fingerprint density at radius 2 is 1.75 bits per heavy atom. The Labute approximate surface area is 192 Å². The van der Waals surface area contributed by atoms with E-state index in [4.69, 9.17) is 4.74 Å². The highest BCUT2D eigenvalue weighted by molar-refractivity contribution is 7.90. The maximum atomic E-state index is 12.5. The standard InChI is InChI=1S/C21H28N4O5S2/c1-30-18-11-15-31-19(18)20(26)22-12-10-16-6-8-17(9-7-16)32(28,29)24-21(27)23-25-13-4-2-3-5-14-25/h6-9,11,15H,2-5,10,12-14H2,1H3,(H,22,26)(H2,23,24,27). The van der Waals surface area contributed by atoms with Crippen LogP contribution in [-0.4, -0.2) is 52.1 Å². The summed E-state index contributed by atoms with van der Waals surface area (Å²) in [5.41, 5.74) is 3.47. The molecule has 174 valence electrons. The van der Waals surface area contributed by atoms with Crippen LogP contribution in [0, 0.1) is 0 Å². The van der Waals surface area contributed by atoms with Crippen molar-refractivity contribution in [3.05, 3.63) is 46.2 Å². The predicted molar refractivity (Wildman–Crippen MR) is 122 cm³/mol. The summed E-state index contributed by atoms with van der Waals surface area (Å²) in [6.45, 7) is 1.80. The first-order chi connectivity index (χ1) is 15.4. The minimum absolute atomic E-state index is 0.000348. The van der Waals surface area contributed by atoms with Crippen LogP contribution in [0.1, 0.15) is 40.9 Å². The number of methoxy groups -OCH3 is 1. The van der Waals surface area contributed by atoms with E-state index < -0.39 is 16.1 Å². The fourth-order valence-electron chi connectivity index (χ4n) is 3.39. The number of sulfonamides is 1. The average molecular weight is 481 g/mol. The van der Waals surface area contributed by atoms with Crippen molar-refractivity contribution in [2.75, 3.05) is 26.7 Å². The number of nitrogens with zero attached hydrogens (tertiary/aromatic N) is 1. The fraction of sp³-hybridized carbons (Fsp3) is 0.429. The number of nitrogens with one attached hydrogen (secondary N) is 3. The summed E-state index contributed by atoms with van der Waals surface area (Å²) in [4.78, 5) is 24.9. The van der Waals surface area contributed by atoms with Crippen LogP contribution in [0.4, 0.5) is 4.79 Å². The van der Waals surface area contributed by atoms with Gasteiger partial charge in [0.05, 0.1) is 12.0 Å². The van der Waals surface area contributed by atoms with Gasteiger partial charge in [-0.05, 0) is 48.4 Å². The lowest BCUT2D eigenvalue weighted by atomic mass is 10.1. The smallest absolute Gasteiger partial charge is 0.343 e. The largest absolute Gasteiger partial charge is 0.495 e. The number of hydrogen-bond acceptors (Lipinski definition) is 7. The van der Waals surface area contributed by atoms with E-state index in [2.05, 4.69) is 15.5 Å². The first-order valence-electron chi connectivity index (χ1n) is 10.5. The third kappa shape index (κ3) is 6.68. The normalized spacial score (nSPS) is 14.9. The third-order valence-corrected chi connectivity index (χ3v) is 7.32. The summed E-state index contributed by atoms with van der Waals surface area (Å²) in [6.07, 6.45) is 4.68. The second kappa shape index (κ2) is 11.3. The Bertz CT molecular complexity index is 1010. The van der Waals surface area contributed by atoms with E-state index in [-0.39, 0.29) is 10.8 Å². The molecule has 0 radical (unpaired) electrons. The Morgan fingerprint density at radius 1 is 1.06 bits per heavy atom. The lowest BCUT2D eigenvalue weighted by Crippen LogP contribution is -2.49. The van der Waals surface area contributed by atoms with Crippen LogP contribution in [-0.2, 0) is 16.4 Å². The van der Waals surface area contributed by atoms with Crippen molar-refractivity contribution in [1.82, 2.24) is 20.5 Å². The zero-order valence-corrected chi connectivity index (χ0v) is 19.6. The molecule has 1 aromatic heterocycles. The average Bonchev–Trinajstić information content (AvgIpc) is 3.11.